The Balaban J connectivity index is 1.62. The monoisotopic (exact) mass is 487 g/mol. The van der Waals surface area contributed by atoms with Gasteiger partial charge >= 0.3 is 0 Å². The smallest absolute Gasteiger partial charge is 0.146 e. The molecule has 1 saturated carbocycles. The minimum Gasteiger partial charge on any atom is -0.497 e. The third-order valence-corrected chi connectivity index (χ3v) is 12.1. The van der Waals surface area contributed by atoms with E-state index >= 15 is 0 Å². The van der Waals surface area contributed by atoms with Gasteiger partial charge in [-0.15, -0.1) is 10.2 Å². The molecule has 1 atom stereocenters. The minimum absolute atomic E-state index is 0.349. The maximum absolute atomic E-state index is 14.0. The van der Waals surface area contributed by atoms with Crippen molar-refractivity contribution in [3.05, 3.63) is 54.7 Å². The number of pyridine rings is 1. The fraction of sp³-hybridized carbons (Fsp3) is 0.400. The molecule has 0 amide bonds. The van der Waals surface area contributed by atoms with Crippen molar-refractivity contribution in [2.45, 2.75) is 36.8 Å². The first-order chi connectivity index (χ1) is 15.7. The van der Waals surface area contributed by atoms with Gasteiger partial charge in [0.25, 0.3) is 0 Å². The third kappa shape index (κ3) is 5.62. The Morgan fingerprint density at radius 3 is 2.42 bits per heavy atom. The van der Waals surface area contributed by atoms with Crippen molar-refractivity contribution in [1.82, 2.24) is 9.71 Å². The molecule has 1 aliphatic rings. The number of nitrogens with zero attached hydrogens (tertiary/aromatic N) is 2. The molecule has 178 valence electrons. The van der Waals surface area contributed by atoms with E-state index in [9.17, 15) is 4.21 Å². The van der Waals surface area contributed by atoms with Crippen molar-refractivity contribution in [2.75, 3.05) is 26.2 Å². The molecule has 1 unspecified atom stereocenters. The Morgan fingerprint density at radius 2 is 1.79 bits per heavy atom. The lowest BCUT2D eigenvalue weighted by Gasteiger charge is -2.32. The van der Waals surface area contributed by atoms with Crippen LogP contribution in [0.2, 0.25) is 0 Å². The van der Waals surface area contributed by atoms with E-state index in [1.807, 2.05) is 48.5 Å². The fourth-order valence-electron chi connectivity index (χ4n) is 3.20. The van der Waals surface area contributed by atoms with Crippen LogP contribution >= 0.6 is 10.2 Å². The molecule has 6 nitrogen and oxygen atoms in total. The standard InChI is InChI=1S/C25H33N3O3S2/c1-18(2)32(4,5)28-33(29,27-17-19-6-7-19)22-11-8-20(9-12-22)31-25-14-15-26-24-16-21(30-3)10-13-23(24)25/h8-16,18-19H,6-7,17H2,1-5H3,(H,27,28,29). The first-order valence-corrected chi connectivity index (χ1v) is 15.1. The molecule has 1 aromatic heterocycles. The average molecular weight is 488 g/mol. The van der Waals surface area contributed by atoms with Gasteiger partial charge in [-0.1, -0.05) is 13.8 Å². The number of hydrogen-bond donors (Lipinski definition) is 1. The van der Waals surface area contributed by atoms with E-state index in [-0.39, 0.29) is 0 Å². The summed E-state index contributed by atoms with van der Waals surface area (Å²) in [5.74, 6) is 2.74. The summed E-state index contributed by atoms with van der Waals surface area (Å²) >= 11 is 0. The van der Waals surface area contributed by atoms with Crippen LogP contribution in [-0.2, 0) is 9.92 Å². The summed E-state index contributed by atoms with van der Waals surface area (Å²) in [6.07, 6.45) is 8.35. The fourth-order valence-corrected chi connectivity index (χ4v) is 7.74. The lowest BCUT2D eigenvalue weighted by atomic mass is 10.2. The molecule has 8 heteroatoms. The van der Waals surface area contributed by atoms with Crippen LogP contribution in [0.1, 0.15) is 26.7 Å². The summed E-state index contributed by atoms with van der Waals surface area (Å²) in [4.78, 5) is 5.11. The summed E-state index contributed by atoms with van der Waals surface area (Å²) < 4.78 is 33.7. The van der Waals surface area contributed by atoms with Crippen LogP contribution < -0.4 is 14.2 Å². The molecule has 4 rings (SSSR count). The Hall–Kier alpha value is -2.29. The zero-order chi connectivity index (χ0) is 23.6. The second-order valence-electron chi connectivity index (χ2n) is 9.06. The van der Waals surface area contributed by atoms with Crippen molar-refractivity contribution in [2.24, 2.45) is 9.69 Å². The minimum atomic E-state index is -2.72. The topological polar surface area (TPSA) is 72.8 Å². The van der Waals surface area contributed by atoms with E-state index in [2.05, 4.69) is 36.1 Å². The van der Waals surface area contributed by atoms with Gasteiger partial charge in [0.05, 0.1) is 17.5 Å². The molecular weight excluding hydrogens is 454 g/mol. The largest absolute Gasteiger partial charge is 0.497 e. The Labute approximate surface area is 198 Å². The van der Waals surface area contributed by atoms with Crippen molar-refractivity contribution in [3.8, 4) is 17.2 Å². The second kappa shape index (κ2) is 9.52. The predicted molar refractivity (Wildman–Crippen MR) is 139 cm³/mol. The number of hydrogen-bond acceptors (Lipinski definition) is 5. The molecule has 0 saturated heterocycles. The molecule has 0 aliphatic heterocycles. The van der Waals surface area contributed by atoms with Gasteiger partial charge in [0.15, 0.2) is 0 Å². The van der Waals surface area contributed by atoms with E-state index in [0.717, 1.165) is 23.2 Å². The molecule has 1 heterocycles. The van der Waals surface area contributed by atoms with Crippen LogP contribution in [0.4, 0.5) is 0 Å². The van der Waals surface area contributed by atoms with E-state index in [1.165, 1.54) is 12.8 Å². The van der Waals surface area contributed by atoms with E-state index in [0.29, 0.717) is 27.6 Å². The number of ether oxygens (including phenoxy) is 2. The summed E-state index contributed by atoms with van der Waals surface area (Å²) in [5, 5.41) is 1.25. The molecule has 1 fully saturated rings. The average Bonchev–Trinajstić information content (AvgIpc) is 3.62. The molecule has 2 aromatic carbocycles. The first-order valence-electron chi connectivity index (χ1n) is 11.2. The zero-order valence-corrected chi connectivity index (χ0v) is 21.5. The highest BCUT2D eigenvalue weighted by atomic mass is 32.3. The van der Waals surface area contributed by atoms with Gasteiger partial charge in [-0.3, -0.25) is 4.98 Å². The highest BCUT2D eigenvalue weighted by Crippen LogP contribution is 2.48. The highest BCUT2D eigenvalue weighted by molar-refractivity contribution is 8.34. The molecule has 33 heavy (non-hydrogen) atoms. The Kier molecular flexibility index (Phi) is 6.88. The summed E-state index contributed by atoms with van der Waals surface area (Å²) in [5.41, 5.74) is 0.799. The number of methoxy groups -OCH3 is 1. The number of benzene rings is 2. The van der Waals surface area contributed by atoms with Gasteiger partial charge in [-0.25, -0.2) is 8.93 Å². The van der Waals surface area contributed by atoms with Crippen molar-refractivity contribution >= 4 is 31.0 Å². The summed E-state index contributed by atoms with van der Waals surface area (Å²) in [7, 11) is -2.47. The lowest BCUT2D eigenvalue weighted by Crippen LogP contribution is -2.27. The zero-order valence-electron chi connectivity index (χ0n) is 19.9. The van der Waals surface area contributed by atoms with Gasteiger partial charge < -0.3 is 9.47 Å². The molecule has 0 radical (unpaired) electrons. The van der Waals surface area contributed by atoms with Gasteiger partial charge in [0.1, 0.15) is 27.2 Å². The molecular formula is C25H33N3O3S2. The molecule has 1 N–H and O–H groups in total. The van der Waals surface area contributed by atoms with E-state index in [4.69, 9.17) is 13.2 Å². The summed E-state index contributed by atoms with van der Waals surface area (Å²) in [6.45, 7) is 5.02. The van der Waals surface area contributed by atoms with E-state index < -0.39 is 20.1 Å². The normalized spacial score (nSPS) is 16.4. The summed E-state index contributed by atoms with van der Waals surface area (Å²) in [6, 6.07) is 15.0. The maximum Gasteiger partial charge on any atom is 0.146 e. The van der Waals surface area contributed by atoms with Crippen LogP contribution in [-0.4, -0.2) is 40.6 Å². The van der Waals surface area contributed by atoms with Gasteiger partial charge in [-0.05, 0) is 73.7 Å². The Morgan fingerprint density at radius 1 is 1.09 bits per heavy atom. The van der Waals surface area contributed by atoms with Crippen molar-refractivity contribution in [1.29, 1.82) is 0 Å². The van der Waals surface area contributed by atoms with Gasteiger partial charge in [-0.2, -0.15) is 3.77 Å². The SMILES string of the molecule is COc1ccc2c(Oc3ccc(S(=O)(=NS(C)(C)C(C)C)NCC4CC4)cc3)ccnc2c1. The first kappa shape index (κ1) is 23.9. The number of aromatic nitrogens is 1. The predicted octanol–water partition coefficient (Wildman–Crippen LogP) is 6.16. The van der Waals surface area contributed by atoms with Gasteiger partial charge in [0.2, 0.25) is 0 Å². The highest BCUT2D eigenvalue weighted by Gasteiger charge is 2.26. The molecule has 3 aromatic rings. The van der Waals surface area contributed by atoms with Crippen LogP contribution in [0.15, 0.2) is 63.4 Å². The number of nitrogens with one attached hydrogen (secondary N) is 1. The molecule has 0 spiro atoms. The molecule has 1 aliphatic carbocycles. The molecule has 0 bridgehead atoms. The third-order valence-electron chi connectivity index (χ3n) is 6.00. The van der Waals surface area contributed by atoms with Crippen molar-refractivity contribution < 1.29 is 13.7 Å². The quantitative estimate of drug-likeness (QED) is 0.392. The van der Waals surface area contributed by atoms with Crippen LogP contribution in [0.25, 0.3) is 10.9 Å². The van der Waals surface area contributed by atoms with Gasteiger partial charge in [0, 0.05) is 29.4 Å². The van der Waals surface area contributed by atoms with Crippen LogP contribution in [0.3, 0.4) is 0 Å². The Bertz CT molecular complexity index is 1250. The van der Waals surface area contributed by atoms with Crippen LogP contribution in [0.5, 0.6) is 17.2 Å². The van der Waals surface area contributed by atoms with Crippen LogP contribution in [0, 0.1) is 5.92 Å². The van der Waals surface area contributed by atoms with E-state index in [1.54, 1.807) is 13.3 Å². The van der Waals surface area contributed by atoms with Crippen molar-refractivity contribution in [3.63, 3.8) is 0 Å². The lowest BCUT2D eigenvalue weighted by molar-refractivity contribution is 0.415. The number of rotatable bonds is 9. The number of fused-ring (bicyclic) bond motifs is 1. The maximum atomic E-state index is 14.0. The second-order valence-corrected chi connectivity index (χ2v) is 15.1.